The molecule has 0 saturated carbocycles. The van der Waals surface area contributed by atoms with Crippen LogP contribution in [0.4, 0.5) is 20.4 Å². The van der Waals surface area contributed by atoms with E-state index < -0.39 is 12.5 Å². The first-order valence-corrected chi connectivity index (χ1v) is 12.1. The summed E-state index contributed by atoms with van der Waals surface area (Å²) in [5.41, 5.74) is 1.44. The third-order valence-corrected chi connectivity index (χ3v) is 7.21. The summed E-state index contributed by atoms with van der Waals surface area (Å²) in [4.78, 5) is 31.2. The van der Waals surface area contributed by atoms with Crippen molar-refractivity contribution in [2.24, 2.45) is 0 Å². The third kappa shape index (κ3) is 4.06. The minimum Gasteiger partial charge on any atom is -0.405 e. The van der Waals surface area contributed by atoms with E-state index in [9.17, 15) is 13.6 Å². The summed E-state index contributed by atoms with van der Waals surface area (Å²) in [6, 6.07) is 7.14. The van der Waals surface area contributed by atoms with Crippen LogP contribution >= 0.6 is 22.9 Å². The first kappa shape index (κ1) is 22.1. The Morgan fingerprint density at radius 2 is 2.06 bits per heavy atom. The van der Waals surface area contributed by atoms with Crippen molar-refractivity contribution in [1.29, 1.82) is 0 Å². The van der Waals surface area contributed by atoms with Gasteiger partial charge in [-0.25, -0.2) is 13.8 Å². The summed E-state index contributed by atoms with van der Waals surface area (Å²) in [5.74, 6) is -2.67. The van der Waals surface area contributed by atoms with Gasteiger partial charge in [0.1, 0.15) is 4.88 Å². The average Bonchev–Trinajstić information content (AvgIpc) is 3.33. The zero-order valence-electron chi connectivity index (χ0n) is 18.3. The van der Waals surface area contributed by atoms with Crippen LogP contribution in [0.3, 0.4) is 0 Å². The number of amides is 1. The van der Waals surface area contributed by atoms with Crippen LogP contribution in [0.5, 0.6) is 11.9 Å². The van der Waals surface area contributed by atoms with Gasteiger partial charge in [-0.3, -0.25) is 4.79 Å². The second-order valence-corrected chi connectivity index (χ2v) is 9.92. The Kier molecular flexibility index (Phi) is 5.11. The highest BCUT2D eigenvalue weighted by Crippen LogP contribution is 2.41. The zero-order valence-corrected chi connectivity index (χ0v) is 19.9. The Labute approximate surface area is 206 Å². The van der Waals surface area contributed by atoms with Crippen LogP contribution < -0.4 is 20.3 Å². The number of carbonyl (C=O) groups is 1. The predicted octanol–water partition coefficient (Wildman–Crippen LogP) is 4.47. The van der Waals surface area contributed by atoms with Crippen molar-refractivity contribution >= 4 is 61.5 Å². The number of pyridine rings is 1. The normalized spacial score (nSPS) is 19.4. The number of carbonyl (C=O) groups excluding carboxylic acids is 1. The molecule has 0 aliphatic carbocycles. The number of fused-ring (bicyclic) bond motifs is 5. The Bertz CT molecular complexity index is 1500. The van der Waals surface area contributed by atoms with E-state index in [4.69, 9.17) is 16.3 Å². The number of benzene rings is 1. The zero-order chi connectivity index (χ0) is 24.3. The van der Waals surface area contributed by atoms with Crippen LogP contribution in [0.2, 0.25) is 5.28 Å². The van der Waals surface area contributed by atoms with Crippen molar-refractivity contribution < 1.29 is 18.3 Å². The third-order valence-electron chi connectivity index (χ3n) is 5.89. The maximum absolute atomic E-state index is 13.6. The predicted molar refractivity (Wildman–Crippen MR) is 129 cm³/mol. The minimum atomic E-state index is -2.81. The Balaban J connectivity index is 1.35. The largest absolute Gasteiger partial charge is 0.405 e. The van der Waals surface area contributed by atoms with E-state index in [1.165, 1.54) is 16.2 Å². The highest BCUT2D eigenvalue weighted by atomic mass is 35.5. The number of rotatable bonds is 3. The molecule has 2 aliphatic heterocycles. The van der Waals surface area contributed by atoms with Gasteiger partial charge >= 0.3 is 6.01 Å². The van der Waals surface area contributed by atoms with Crippen LogP contribution in [0.25, 0.3) is 21.0 Å². The molecule has 13 heteroatoms. The van der Waals surface area contributed by atoms with Crippen LogP contribution in [0.1, 0.15) is 23.0 Å². The molecule has 1 saturated heterocycles. The molecule has 35 heavy (non-hydrogen) atoms. The van der Waals surface area contributed by atoms with Gasteiger partial charge in [-0.1, -0.05) is 0 Å². The molecule has 2 N–H and O–H groups in total. The van der Waals surface area contributed by atoms with Crippen LogP contribution in [-0.4, -0.2) is 57.4 Å². The number of halogens is 3. The molecule has 6 rings (SSSR count). The summed E-state index contributed by atoms with van der Waals surface area (Å²) in [6.07, 6.45) is -0.283. The Hall–Kier alpha value is -3.38. The lowest BCUT2D eigenvalue weighted by Crippen LogP contribution is -2.34. The molecule has 0 spiro atoms. The van der Waals surface area contributed by atoms with Crippen LogP contribution in [0.15, 0.2) is 24.3 Å². The lowest BCUT2D eigenvalue weighted by atomic mass is 10.1. The SMILES string of the molecule is C[C@H]1CNc2c(sc3ccc4nc(Oc5nc(Cl)nc(N6CCC(F)(F)C6)n5)ccc4c23)C(=O)N1. The molecule has 1 amide bonds. The summed E-state index contributed by atoms with van der Waals surface area (Å²) < 4.78 is 33.9. The van der Waals surface area contributed by atoms with Gasteiger partial charge < -0.3 is 20.3 Å². The molecule has 3 aromatic heterocycles. The van der Waals surface area contributed by atoms with Gasteiger partial charge in [-0.2, -0.15) is 15.0 Å². The van der Waals surface area contributed by atoms with Gasteiger partial charge in [0.25, 0.3) is 11.8 Å². The number of thiophene rings is 1. The number of nitrogens with zero attached hydrogens (tertiary/aromatic N) is 5. The lowest BCUT2D eigenvalue weighted by molar-refractivity contribution is 0.0256. The monoisotopic (exact) mass is 517 g/mol. The van der Waals surface area contributed by atoms with Gasteiger partial charge in [0, 0.05) is 47.1 Å². The number of anilines is 2. The molecular formula is C22H18ClF2N7O2S. The molecule has 1 fully saturated rings. The van der Waals surface area contributed by atoms with E-state index >= 15 is 0 Å². The number of hydrogen-bond acceptors (Lipinski definition) is 9. The highest BCUT2D eigenvalue weighted by molar-refractivity contribution is 7.21. The molecule has 1 atom stereocenters. The standard InChI is InChI=1S/C22H18ClF2N7O2S/c1-10-8-26-16-15-11-2-5-14(28-12(11)3-4-13(15)35-17(16)18(33)27-10)34-21-30-19(23)29-20(31-21)32-7-6-22(24,25)9-32/h2-5,10,26H,6-9H2,1H3,(H,27,33)/t10-/m0/s1. The minimum absolute atomic E-state index is 0.00844. The van der Waals surface area contributed by atoms with E-state index in [-0.39, 0.29) is 48.0 Å². The van der Waals surface area contributed by atoms with Crippen LogP contribution in [0, 0.1) is 0 Å². The van der Waals surface area contributed by atoms with Crippen molar-refractivity contribution in [2.75, 3.05) is 29.9 Å². The first-order valence-electron chi connectivity index (χ1n) is 10.9. The fraction of sp³-hybridized carbons (Fsp3) is 0.318. The van der Waals surface area contributed by atoms with E-state index in [1.807, 2.05) is 25.1 Å². The average molecular weight is 518 g/mol. The van der Waals surface area contributed by atoms with E-state index in [2.05, 4.69) is 30.6 Å². The first-order chi connectivity index (χ1) is 16.8. The molecular weight excluding hydrogens is 500 g/mol. The quantitative estimate of drug-likeness (QED) is 0.410. The molecule has 0 bridgehead atoms. The van der Waals surface area contributed by atoms with Crippen molar-refractivity contribution in [3.63, 3.8) is 0 Å². The smallest absolute Gasteiger partial charge is 0.329 e. The maximum Gasteiger partial charge on any atom is 0.329 e. The molecule has 4 aromatic rings. The van der Waals surface area contributed by atoms with Gasteiger partial charge in [-0.05, 0) is 36.7 Å². The van der Waals surface area contributed by atoms with Gasteiger partial charge in [0.05, 0.1) is 17.7 Å². The summed E-state index contributed by atoms with van der Waals surface area (Å²) in [5, 5.41) is 7.98. The molecule has 1 aromatic carbocycles. The van der Waals surface area contributed by atoms with Crippen molar-refractivity contribution in [3.05, 3.63) is 34.4 Å². The summed E-state index contributed by atoms with van der Waals surface area (Å²) >= 11 is 7.43. The number of hydrogen-bond donors (Lipinski definition) is 2. The fourth-order valence-corrected chi connectivity index (χ4v) is 5.52. The van der Waals surface area contributed by atoms with Crippen molar-refractivity contribution in [1.82, 2.24) is 25.3 Å². The molecule has 2 aliphatic rings. The second-order valence-electron chi connectivity index (χ2n) is 8.53. The van der Waals surface area contributed by atoms with Crippen molar-refractivity contribution in [3.8, 4) is 11.9 Å². The van der Waals surface area contributed by atoms with E-state index in [0.29, 0.717) is 16.9 Å². The van der Waals surface area contributed by atoms with E-state index in [0.717, 1.165) is 21.2 Å². The molecule has 5 heterocycles. The molecule has 0 unspecified atom stereocenters. The highest BCUT2D eigenvalue weighted by Gasteiger charge is 2.39. The van der Waals surface area contributed by atoms with Crippen molar-refractivity contribution in [2.45, 2.75) is 25.3 Å². The molecule has 0 radical (unpaired) electrons. The summed E-state index contributed by atoms with van der Waals surface area (Å²) in [6.45, 7) is 2.17. The lowest BCUT2D eigenvalue weighted by Gasteiger charge is -2.16. The topological polar surface area (TPSA) is 105 Å². The number of ether oxygens (including phenoxy) is 1. The number of alkyl halides is 2. The molecule has 9 nitrogen and oxygen atoms in total. The van der Waals surface area contributed by atoms with Gasteiger partial charge in [-0.15, -0.1) is 11.3 Å². The van der Waals surface area contributed by atoms with Crippen LogP contribution in [-0.2, 0) is 0 Å². The summed E-state index contributed by atoms with van der Waals surface area (Å²) in [7, 11) is 0. The number of aromatic nitrogens is 4. The Morgan fingerprint density at radius 3 is 2.86 bits per heavy atom. The maximum atomic E-state index is 13.6. The second kappa shape index (κ2) is 8.09. The van der Waals surface area contributed by atoms with E-state index in [1.54, 1.807) is 6.07 Å². The number of nitrogens with one attached hydrogen (secondary N) is 2. The molecule has 180 valence electrons. The fourth-order valence-electron chi connectivity index (χ4n) is 4.27. The Morgan fingerprint density at radius 1 is 1.20 bits per heavy atom. The van der Waals surface area contributed by atoms with Gasteiger partial charge in [0.15, 0.2) is 0 Å². The van der Waals surface area contributed by atoms with Gasteiger partial charge in [0.2, 0.25) is 17.1 Å².